The van der Waals surface area contributed by atoms with Crippen LogP contribution in [0.5, 0.6) is 0 Å². The molecule has 1 aliphatic rings. The van der Waals surface area contributed by atoms with Gasteiger partial charge in [0.1, 0.15) is 0 Å². The summed E-state index contributed by atoms with van der Waals surface area (Å²) in [6.45, 7) is 0. The van der Waals surface area contributed by atoms with Crippen molar-refractivity contribution in [3.63, 3.8) is 0 Å². The lowest BCUT2D eigenvalue weighted by Gasteiger charge is -2.01. The molecule has 0 radical (unpaired) electrons. The summed E-state index contributed by atoms with van der Waals surface area (Å²) in [5, 5.41) is 0. The van der Waals surface area contributed by atoms with E-state index in [4.69, 9.17) is 17.3 Å². The minimum absolute atomic E-state index is 0.334. The van der Waals surface area contributed by atoms with Gasteiger partial charge in [0.05, 0.1) is 0 Å². The molecule has 2 rings (SSSR count). The number of nitrogens with two attached hydrogens (primary N) is 1. The van der Waals surface area contributed by atoms with Gasteiger partial charge >= 0.3 is 0 Å². The van der Waals surface area contributed by atoms with Crippen LogP contribution in [0.25, 0.3) is 0 Å². The number of halogens is 1. The predicted molar refractivity (Wildman–Crippen MR) is 56.2 cm³/mol. The minimum atomic E-state index is 0.334. The average molecular weight is 196 g/mol. The molecule has 0 amide bonds. The molecule has 1 aromatic carbocycles. The van der Waals surface area contributed by atoms with E-state index in [0.717, 1.165) is 19.3 Å². The summed E-state index contributed by atoms with van der Waals surface area (Å²) in [5.74, 6) is 0.699. The maximum absolute atomic E-state index is 5.88. The first-order valence-electron chi connectivity index (χ1n) is 4.72. The van der Waals surface area contributed by atoms with E-state index in [9.17, 15) is 0 Å². The lowest BCUT2D eigenvalue weighted by molar-refractivity contribution is 0.721. The molecule has 0 fully saturated rings. The van der Waals surface area contributed by atoms with Crippen molar-refractivity contribution < 1.29 is 0 Å². The molecule has 1 aromatic rings. The van der Waals surface area contributed by atoms with E-state index in [0.29, 0.717) is 11.9 Å². The molecule has 1 nitrogen and oxygen atoms in total. The van der Waals surface area contributed by atoms with Crippen LogP contribution in [0.15, 0.2) is 18.2 Å². The molecule has 0 bridgehead atoms. The highest BCUT2D eigenvalue weighted by molar-refractivity contribution is 6.17. The standard InChI is InChI=1S/C11H14ClN/c12-4-3-8-1-2-9-6-11(13)7-10(9)5-8/h1-2,5,11H,3-4,6-7,13H2. The van der Waals surface area contributed by atoms with Crippen LogP contribution in [0, 0.1) is 0 Å². The van der Waals surface area contributed by atoms with Gasteiger partial charge in [0.25, 0.3) is 0 Å². The second-order valence-corrected chi connectivity index (χ2v) is 4.09. The number of hydrogen-bond donors (Lipinski definition) is 1. The predicted octanol–water partition coefficient (Wildman–Crippen LogP) is 1.89. The lowest BCUT2D eigenvalue weighted by Crippen LogP contribution is -2.18. The molecule has 0 heterocycles. The van der Waals surface area contributed by atoms with Crippen LogP contribution in [0.4, 0.5) is 0 Å². The van der Waals surface area contributed by atoms with Crippen LogP contribution < -0.4 is 5.73 Å². The zero-order valence-electron chi connectivity index (χ0n) is 7.59. The van der Waals surface area contributed by atoms with Crippen molar-refractivity contribution in [3.8, 4) is 0 Å². The number of rotatable bonds is 2. The van der Waals surface area contributed by atoms with Crippen molar-refractivity contribution in [3.05, 3.63) is 34.9 Å². The maximum Gasteiger partial charge on any atom is 0.0263 e. The van der Waals surface area contributed by atoms with E-state index in [1.54, 1.807) is 0 Å². The zero-order chi connectivity index (χ0) is 9.26. The van der Waals surface area contributed by atoms with Gasteiger partial charge in [0.15, 0.2) is 0 Å². The zero-order valence-corrected chi connectivity index (χ0v) is 8.35. The summed E-state index contributed by atoms with van der Waals surface area (Å²) in [6, 6.07) is 6.95. The van der Waals surface area contributed by atoms with Crippen LogP contribution >= 0.6 is 11.6 Å². The van der Waals surface area contributed by atoms with Gasteiger partial charge in [-0.05, 0) is 36.0 Å². The van der Waals surface area contributed by atoms with Crippen LogP contribution in [-0.4, -0.2) is 11.9 Å². The molecule has 0 aromatic heterocycles. The third-order valence-corrected chi connectivity index (χ3v) is 2.81. The van der Waals surface area contributed by atoms with Gasteiger partial charge in [-0.15, -0.1) is 11.6 Å². The van der Waals surface area contributed by atoms with E-state index >= 15 is 0 Å². The molecule has 0 spiro atoms. The topological polar surface area (TPSA) is 26.0 Å². The highest BCUT2D eigenvalue weighted by atomic mass is 35.5. The van der Waals surface area contributed by atoms with Crippen molar-refractivity contribution in [2.75, 3.05) is 5.88 Å². The molecule has 1 aliphatic carbocycles. The Labute approximate surface area is 83.9 Å². The van der Waals surface area contributed by atoms with Crippen molar-refractivity contribution in [2.45, 2.75) is 25.3 Å². The number of alkyl halides is 1. The Hall–Kier alpha value is -0.530. The van der Waals surface area contributed by atoms with Crippen LogP contribution in [0.1, 0.15) is 16.7 Å². The van der Waals surface area contributed by atoms with E-state index < -0.39 is 0 Å². The summed E-state index contributed by atoms with van der Waals surface area (Å²) in [6.07, 6.45) is 3.03. The molecule has 0 saturated carbocycles. The fraction of sp³-hybridized carbons (Fsp3) is 0.455. The first kappa shape index (κ1) is 9.04. The SMILES string of the molecule is NC1Cc2ccc(CCCl)cc2C1. The first-order chi connectivity index (χ1) is 6.29. The largest absolute Gasteiger partial charge is 0.327 e. The third-order valence-electron chi connectivity index (χ3n) is 2.62. The average Bonchev–Trinajstić information content (AvgIpc) is 2.44. The lowest BCUT2D eigenvalue weighted by atomic mass is 10.1. The maximum atomic E-state index is 5.88. The summed E-state index contributed by atoms with van der Waals surface area (Å²) >= 11 is 5.69. The van der Waals surface area contributed by atoms with Gasteiger partial charge in [0.2, 0.25) is 0 Å². The second-order valence-electron chi connectivity index (χ2n) is 3.71. The van der Waals surface area contributed by atoms with Gasteiger partial charge in [-0.3, -0.25) is 0 Å². The Balaban J connectivity index is 2.24. The van der Waals surface area contributed by atoms with Crippen molar-refractivity contribution in [1.82, 2.24) is 0 Å². The van der Waals surface area contributed by atoms with Crippen molar-refractivity contribution in [2.24, 2.45) is 5.73 Å². The number of benzene rings is 1. The molecule has 1 atom stereocenters. The fourth-order valence-corrected chi connectivity index (χ4v) is 2.19. The van der Waals surface area contributed by atoms with E-state index in [1.165, 1.54) is 16.7 Å². The van der Waals surface area contributed by atoms with Crippen molar-refractivity contribution >= 4 is 11.6 Å². The minimum Gasteiger partial charge on any atom is -0.327 e. The molecule has 0 saturated heterocycles. The molecular weight excluding hydrogens is 182 g/mol. The molecule has 1 unspecified atom stereocenters. The molecule has 0 aliphatic heterocycles. The highest BCUT2D eigenvalue weighted by Gasteiger charge is 2.17. The summed E-state index contributed by atoms with van der Waals surface area (Å²) < 4.78 is 0. The second kappa shape index (κ2) is 3.69. The smallest absolute Gasteiger partial charge is 0.0263 e. The first-order valence-corrected chi connectivity index (χ1v) is 5.25. The van der Waals surface area contributed by atoms with Crippen LogP contribution in [0.3, 0.4) is 0 Å². The number of aryl methyl sites for hydroxylation is 1. The Bertz CT molecular complexity index is 309. The Morgan fingerprint density at radius 3 is 2.85 bits per heavy atom. The van der Waals surface area contributed by atoms with Gasteiger partial charge in [-0.1, -0.05) is 18.2 Å². The number of fused-ring (bicyclic) bond motifs is 1. The quantitative estimate of drug-likeness (QED) is 0.717. The molecule has 13 heavy (non-hydrogen) atoms. The van der Waals surface area contributed by atoms with Crippen molar-refractivity contribution in [1.29, 1.82) is 0 Å². The fourth-order valence-electron chi connectivity index (χ4n) is 1.97. The molecule has 2 heteroatoms. The van der Waals surface area contributed by atoms with E-state index in [-0.39, 0.29) is 0 Å². The summed E-state index contributed by atoms with van der Waals surface area (Å²) in [5.41, 5.74) is 10.1. The highest BCUT2D eigenvalue weighted by Crippen LogP contribution is 2.22. The Morgan fingerprint density at radius 2 is 2.08 bits per heavy atom. The van der Waals surface area contributed by atoms with E-state index in [1.807, 2.05) is 0 Å². The number of hydrogen-bond acceptors (Lipinski definition) is 1. The molecule has 70 valence electrons. The van der Waals surface area contributed by atoms with Gasteiger partial charge in [0, 0.05) is 11.9 Å². The van der Waals surface area contributed by atoms with Gasteiger partial charge in [-0.2, -0.15) is 0 Å². The third kappa shape index (κ3) is 1.87. The molecule has 2 N–H and O–H groups in total. The summed E-state index contributed by atoms with van der Waals surface area (Å²) in [4.78, 5) is 0. The van der Waals surface area contributed by atoms with Crippen LogP contribution in [-0.2, 0) is 19.3 Å². The summed E-state index contributed by atoms with van der Waals surface area (Å²) in [7, 11) is 0. The Kier molecular flexibility index (Phi) is 2.56. The normalized spacial score (nSPS) is 20.3. The Morgan fingerprint density at radius 1 is 1.31 bits per heavy atom. The monoisotopic (exact) mass is 195 g/mol. The van der Waals surface area contributed by atoms with Gasteiger partial charge in [-0.25, -0.2) is 0 Å². The van der Waals surface area contributed by atoms with Crippen LogP contribution in [0.2, 0.25) is 0 Å². The molecular formula is C11H14ClN. The van der Waals surface area contributed by atoms with E-state index in [2.05, 4.69) is 18.2 Å². The van der Waals surface area contributed by atoms with Gasteiger partial charge < -0.3 is 5.73 Å².